The van der Waals surface area contributed by atoms with E-state index in [4.69, 9.17) is 0 Å². The molecule has 6 heteroatoms. The number of fused-ring (bicyclic) bond motifs is 3. The molecule has 0 aliphatic carbocycles. The Labute approximate surface area is 147 Å². The number of hydrogen-bond acceptors (Lipinski definition) is 3. The number of halogens is 2. The lowest BCUT2D eigenvalue weighted by molar-refractivity contribution is 0.509. The van der Waals surface area contributed by atoms with Crippen molar-refractivity contribution in [2.45, 2.75) is 13.5 Å². The first kappa shape index (κ1) is 16.2. The molecular formula is C20H15F2N3O. The lowest BCUT2D eigenvalue weighted by Gasteiger charge is -2.09. The maximum Gasteiger partial charge on any atom is 0.259 e. The molecule has 0 saturated carbocycles. The van der Waals surface area contributed by atoms with Crippen molar-refractivity contribution in [3.8, 4) is 0 Å². The van der Waals surface area contributed by atoms with Gasteiger partial charge in [-0.2, -0.15) is 0 Å². The maximum absolute atomic E-state index is 13.3. The van der Waals surface area contributed by atoms with Gasteiger partial charge < -0.3 is 10.3 Å². The first-order valence-corrected chi connectivity index (χ1v) is 8.12. The van der Waals surface area contributed by atoms with E-state index in [-0.39, 0.29) is 5.56 Å². The smallest absolute Gasteiger partial charge is 0.259 e. The van der Waals surface area contributed by atoms with Crippen molar-refractivity contribution in [1.82, 2.24) is 9.97 Å². The molecule has 3 aromatic carbocycles. The van der Waals surface area contributed by atoms with Crippen molar-refractivity contribution in [1.29, 1.82) is 0 Å². The highest BCUT2D eigenvalue weighted by atomic mass is 19.2. The molecule has 4 nitrogen and oxygen atoms in total. The van der Waals surface area contributed by atoms with Crippen molar-refractivity contribution >= 4 is 27.4 Å². The van der Waals surface area contributed by atoms with Crippen molar-refractivity contribution < 1.29 is 8.78 Å². The van der Waals surface area contributed by atoms with Crippen LogP contribution in [0.3, 0.4) is 0 Å². The van der Waals surface area contributed by atoms with Crippen molar-refractivity contribution in [3.05, 3.63) is 81.9 Å². The predicted octanol–water partition coefficient (Wildman–Crippen LogP) is 4.28. The van der Waals surface area contributed by atoms with Gasteiger partial charge >= 0.3 is 0 Å². The van der Waals surface area contributed by atoms with Crippen molar-refractivity contribution in [2.75, 3.05) is 5.32 Å². The van der Waals surface area contributed by atoms with Gasteiger partial charge in [0.2, 0.25) is 0 Å². The summed E-state index contributed by atoms with van der Waals surface area (Å²) in [6.45, 7) is 2.15. The molecule has 0 bridgehead atoms. The molecule has 4 rings (SSSR count). The largest absolute Gasteiger partial charge is 0.381 e. The number of aromatic amines is 1. The Kier molecular flexibility index (Phi) is 3.88. The van der Waals surface area contributed by atoms with Crippen LogP contribution >= 0.6 is 0 Å². The molecule has 0 fully saturated rings. The highest BCUT2D eigenvalue weighted by Crippen LogP contribution is 2.23. The number of rotatable bonds is 3. The predicted molar refractivity (Wildman–Crippen MR) is 98.3 cm³/mol. The summed E-state index contributed by atoms with van der Waals surface area (Å²) in [5.41, 5.74) is 1.86. The van der Waals surface area contributed by atoms with Gasteiger partial charge in [-0.3, -0.25) is 4.79 Å². The third-order valence-electron chi connectivity index (χ3n) is 4.29. The van der Waals surface area contributed by atoms with Crippen LogP contribution < -0.4 is 10.9 Å². The summed E-state index contributed by atoms with van der Waals surface area (Å²) in [4.78, 5) is 19.5. The number of benzene rings is 3. The standard InChI is InChI=1S/C20H15F2N3O/c1-11-24-18-7-4-13-3-2-12(8-15(13)19(18)20(26)25-11)10-23-14-5-6-16(21)17(22)9-14/h2-9,23H,10H2,1H3,(H,24,25,26). The molecule has 130 valence electrons. The number of H-pyrrole nitrogens is 1. The topological polar surface area (TPSA) is 57.8 Å². The van der Waals surface area contributed by atoms with E-state index < -0.39 is 11.6 Å². The number of aromatic nitrogens is 2. The van der Waals surface area contributed by atoms with E-state index in [1.165, 1.54) is 6.07 Å². The van der Waals surface area contributed by atoms with Crippen molar-refractivity contribution in [3.63, 3.8) is 0 Å². The average Bonchev–Trinajstić information content (AvgIpc) is 2.61. The zero-order valence-electron chi connectivity index (χ0n) is 13.9. The molecule has 0 amide bonds. The molecular weight excluding hydrogens is 336 g/mol. The van der Waals surface area contributed by atoms with Gasteiger partial charge in [0.25, 0.3) is 5.56 Å². The number of nitrogens with zero attached hydrogens (tertiary/aromatic N) is 1. The van der Waals surface area contributed by atoms with Crippen LogP contribution in [0.15, 0.2) is 53.3 Å². The first-order valence-electron chi connectivity index (χ1n) is 8.12. The molecule has 1 aromatic heterocycles. The number of aryl methyl sites for hydroxylation is 1. The summed E-state index contributed by atoms with van der Waals surface area (Å²) in [6.07, 6.45) is 0. The lowest BCUT2D eigenvalue weighted by Crippen LogP contribution is -2.10. The van der Waals surface area contributed by atoms with Crippen LogP contribution in [0, 0.1) is 18.6 Å². The minimum atomic E-state index is -0.896. The van der Waals surface area contributed by atoms with Gasteiger partial charge in [-0.15, -0.1) is 0 Å². The zero-order valence-corrected chi connectivity index (χ0v) is 13.9. The van der Waals surface area contributed by atoms with E-state index in [9.17, 15) is 13.6 Å². The maximum atomic E-state index is 13.3. The van der Waals surface area contributed by atoms with Gasteiger partial charge in [0.1, 0.15) is 5.82 Å². The Morgan fingerprint density at radius 3 is 2.65 bits per heavy atom. The minimum absolute atomic E-state index is 0.177. The highest BCUT2D eigenvalue weighted by molar-refractivity contribution is 6.05. The third kappa shape index (κ3) is 2.90. The fourth-order valence-corrected chi connectivity index (χ4v) is 3.04. The fourth-order valence-electron chi connectivity index (χ4n) is 3.04. The van der Waals surface area contributed by atoms with Gasteiger partial charge in [0.05, 0.1) is 10.9 Å². The molecule has 0 spiro atoms. The second kappa shape index (κ2) is 6.22. The van der Waals surface area contributed by atoms with E-state index in [0.717, 1.165) is 28.5 Å². The molecule has 0 atom stereocenters. The zero-order chi connectivity index (χ0) is 18.3. The summed E-state index contributed by atoms with van der Waals surface area (Å²) >= 11 is 0. The van der Waals surface area contributed by atoms with E-state index >= 15 is 0 Å². The monoisotopic (exact) mass is 351 g/mol. The summed E-state index contributed by atoms with van der Waals surface area (Å²) in [5.74, 6) is -1.21. The van der Waals surface area contributed by atoms with Gasteiger partial charge in [-0.1, -0.05) is 18.2 Å². The molecule has 0 aliphatic heterocycles. The normalized spacial score (nSPS) is 11.2. The Bertz CT molecular complexity index is 1200. The second-order valence-corrected chi connectivity index (χ2v) is 6.15. The highest BCUT2D eigenvalue weighted by Gasteiger charge is 2.08. The molecule has 26 heavy (non-hydrogen) atoms. The molecule has 2 N–H and O–H groups in total. The SMILES string of the molecule is Cc1nc2ccc3ccc(CNc4ccc(F)c(F)c4)cc3c2c(=O)[nH]1. The van der Waals surface area contributed by atoms with Crippen LogP contribution in [0.2, 0.25) is 0 Å². The minimum Gasteiger partial charge on any atom is -0.381 e. The van der Waals surface area contributed by atoms with Crippen LogP contribution in [0.4, 0.5) is 14.5 Å². The van der Waals surface area contributed by atoms with Gasteiger partial charge in [-0.05, 0) is 47.5 Å². The number of hydrogen-bond donors (Lipinski definition) is 2. The van der Waals surface area contributed by atoms with Crippen LogP contribution in [0.1, 0.15) is 11.4 Å². The summed E-state index contributed by atoms with van der Waals surface area (Å²) in [6, 6.07) is 13.2. The summed E-state index contributed by atoms with van der Waals surface area (Å²) in [7, 11) is 0. The molecule has 0 unspecified atom stereocenters. The Hall–Kier alpha value is -3.28. The van der Waals surface area contributed by atoms with Crippen LogP contribution in [0.25, 0.3) is 21.7 Å². The Balaban J connectivity index is 1.73. The van der Waals surface area contributed by atoms with E-state index in [0.29, 0.717) is 29.0 Å². The fraction of sp³-hybridized carbons (Fsp3) is 0.100. The van der Waals surface area contributed by atoms with E-state index in [1.54, 1.807) is 6.92 Å². The number of nitrogens with one attached hydrogen (secondary N) is 2. The third-order valence-corrected chi connectivity index (χ3v) is 4.29. The summed E-state index contributed by atoms with van der Waals surface area (Å²) in [5, 5.41) is 5.34. The van der Waals surface area contributed by atoms with Crippen molar-refractivity contribution in [2.24, 2.45) is 0 Å². The van der Waals surface area contributed by atoms with Crippen LogP contribution in [-0.4, -0.2) is 9.97 Å². The van der Waals surface area contributed by atoms with E-state index in [1.807, 2.05) is 30.3 Å². The quantitative estimate of drug-likeness (QED) is 0.542. The van der Waals surface area contributed by atoms with Gasteiger partial charge in [0.15, 0.2) is 11.6 Å². The molecule has 0 aliphatic rings. The Morgan fingerprint density at radius 1 is 1.04 bits per heavy atom. The van der Waals surface area contributed by atoms with Crippen LogP contribution in [0.5, 0.6) is 0 Å². The van der Waals surface area contributed by atoms with Gasteiger partial charge in [0, 0.05) is 18.3 Å². The molecule has 0 saturated heterocycles. The molecule has 0 radical (unpaired) electrons. The Morgan fingerprint density at radius 2 is 1.85 bits per heavy atom. The average molecular weight is 351 g/mol. The van der Waals surface area contributed by atoms with Crippen LogP contribution in [-0.2, 0) is 6.54 Å². The summed E-state index contributed by atoms with van der Waals surface area (Å²) < 4.78 is 26.3. The molecule has 4 aromatic rings. The van der Waals surface area contributed by atoms with E-state index in [2.05, 4.69) is 15.3 Å². The van der Waals surface area contributed by atoms with Gasteiger partial charge in [-0.25, -0.2) is 13.8 Å². The second-order valence-electron chi connectivity index (χ2n) is 6.15. The first-order chi connectivity index (χ1) is 12.5. The molecule has 1 heterocycles. The number of anilines is 1. The lowest BCUT2D eigenvalue weighted by atomic mass is 10.0.